The van der Waals surface area contributed by atoms with Crippen LogP contribution in [0.1, 0.15) is 45.6 Å². The number of aryl methyl sites for hydroxylation is 2. The molecule has 5 nitrogen and oxygen atoms in total. The molecule has 0 N–H and O–H groups in total. The summed E-state index contributed by atoms with van der Waals surface area (Å²) in [4.78, 5) is 20.7. The molecule has 0 saturated heterocycles. The third kappa shape index (κ3) is 5.55. The molecule has 0 atom stereocenters. The number of carbonyl (C=O) groups is 1. The van der Waals surface area contributed by atoms with Gasteiger partial charge in [0.25, 0.3) is 5.91 Å². The van der Waals surface area contributed by atoms with Crippen molar-refractivity contribution in [3.05, 3.63) is 88.6 Å². The van der Waals surface area contributed by atoms with Crippen LogP contribution in [0.25, 0.3) is 0 Å². The number of amides is 1. The maximum Gasteiger partial charge on any atom is 0.275 e. The number of carbonyl (C=O) groups excluding carboxylic acids is 1. The third-order valence-electron chi connectivity index (χ3n) is 5.10. The zero-order valence-corrected chi connectivity index (χ0v) is 17.7. The van der Waals surface area contributed by atoms with Crippen molar-refractivity contribution in [3.63, 3.8) is 0 Å². The zero-order valence-electron chi connectivity index (χ0n) is 17.7. The molecule has 0 fully saturated rings. The number of hydrogen-bond acceptors (Lipinski definition) is 4. The van der Waals surface area contributed by atoms with Gasteiger partial charge in [-0.15, -0.1) is 0 Å². The highest BCUT2D eigenvalue weighted by atomic mass is 16.3. The lowest BCUT2D eigenvalue weighted by Crippen LogP contribution is -2.26. The monoisotopic (exact) mass is 391 g/mol. The van der Waals surface area contributed by atoms with Gasteiger partial charge in [0.05, 0.1) is 6.54 Å². The van der Waals surface area contributed by atoms with Crippen LogP contribution in [0.15, 0.2) is 59.2 Å². The molecule has 0 aliphatic rings. The van der Waals surface area contributed by atoms with Crippen molar-refractivity contribution in [3.8, 4) is 0 Å². The molecule has 3 aromatic rings. The van der Waals surface area contributed by atoms with E-state index in [1.807, 2.05) is 25.1 Å². The first-order valence-corrected chi connectivity index (χ1v) is 9.98. The summed E-state index contributed by atoms with van der Waals surface area (Å²) < 4.78 is 5.64. The summed E-state index contributed by atoms with van der Waals surface area (Å²) in [6, 6.07) is 16.9. The van der Waals surface area contributed by atoms with Gasteiger partial charge in [0.1, 0.15) is 6.26 Å². The van der Waals surface area contributed by atoms with Gasteiger partial charge in [-0.1, -0.05) is 54.1 Å². The molecule has 152 valence electrons. The van der Waals surface area contributed by atoms with Gasteiger partial charge in [0, 0.05) is 26.7 Å². The average molecular weight is 392 g/mol. The number of rotatable bonds is 8. The van der Waals surface area contributed by atoms with Crippen molar-refractivity contribution in [2.45, 2.75) is 40.4 Å². The standard InChI is InChI=1S/C24H29N3O2/c1-5-26(4)24(28)22-17-29-23(25-22)16-27(14-20-9-7-6-8-10-20)15-21-13-18(2)11-12-19(21)3/h6-13,17H,5,14-16H2,1-4H3. The van der Waals surface area contributed by atoms with Gasteiger partial charge in [0.15, 0.2) is 5.69 Å². The van der Waals surface area contributed by atoms with E-state index in [-0.39, 0.29) is 5.91 Å². The van der Waals surface area contributed by atoms with E-state index < -0.39 is 0 Å². The molecule has 1 aromatic heterocycles. The van der Waals surface area contributed by atoms with Crippen LogP contribution in [0.3, 0.4) is 0 Å². The molecule has 0 radical (unpaired) electrons. The maximum absolute atomic E-state index is 12.3. The summed E-state index contributed by atoms with van der Waals surface area (Å²) in [6.45, 7) is 8.90. The lowest BCUT2D eigenvalue weighted by Gasteiger charge is -2.22. The van der Waals surface area contributed by atoms with Crippen molar-refractivity contribution in [2.75, 3.05) is 13.6 Å². The van der Waals surface area contributed by atoms with Crippen LogP contribution in [-0.4, -0.2) is 34.3 Å². The van der Waals surface area contributed by atoms with E-state index in [0.29, 0.717) is 24.7 Å². The minimum atomic E-state index is -0.119. The van der Waals surface area contributed by atoms with E-state index in [9.17, 15) is 4.79 Å². The third-order valence-corrected chi connectivity index (χ3v) is 5.10. The second-order valence-electron chi connectivity index (χ2n) is 7.51. The molecule has 0 aliphatic heterocycles. The first-order chi connectivity index (χ1) is 14.0. The average Bonchev–Trinajstić information content (AvgIpc) is 3.18. The quantitative estimate of drug-likeness (QED) is 0.564. The van der Waals surface area contributed by atoms with Crippen LogP contribution in [0.4, 0.5) is 0 Å². The molecule has 1 heterocycles. The summed E-state index contributed by atoms with van der Waals surface area (Å²) in [7, 11) is 1.76. The Hall–Kier alpha value is -2.92. The Kier molecular flexibility index (Phi) is 6.83. The Morgan fingerprint density at radius 1 is 1.03 bits per heavy atom. The smallest absolute Gasteiger partial charge is 0.275 e. The second kappa shape index (κ2) is 9.52. The summed E-state index contributed by atoms with van der Waals surface area (Å²) in [5.74, 6) is 0.436. The van der Waals surface area contributed by atoms with Crippen molar-refractivity contribution in [2.24, 2.45) is 0 Å². The topological polar surface area (TPSA) is 49.6 Å². The van der Waals surface area contributed by atoms with E-state index in [1.54, 1.807) is 11.9 Å². The molecule has 3 rings (SSSR count). The van der Waals surface area contributed by atoms with Gasteiger partial charge in [-0.3, -0.25) is 9.69 Å². The molecule has 0 aliphatic carbocycles. The highest BCUT2D eigenvalue weighted by Crippen LogP contribution is 2.18. The molecule has 0 bridgehead atoms. The van der Waals surface area contributed by atoms with Crippen LogP contribution >= 0.6 is 0 Å². The van der Waals surface area contributed by atoms with Crippen LogP contribution in [0.2, 0.25) is 0 Å². The predicted molar refractivity (Wildman–Crippen MR) is 114 cm³/mol. The van der Waals surface area contributed by atoms with E-state index in [1.165, 1.54) is 28.5 Å². The lowest BCUT2D eigenvalue weighted by atomic mass is 10.0. The van der Waals surface area contributed by atoms with Crippen LogP contribution in [0.5, 0.6) is 0 Å². The van der Waals surface area contributed by atoms with Gasteiger partial charge in [-0.2, -0.15) is 0 Å². The molecule has 29 heavy (non-hydrogen) atoms. The molecular weight excluding hydrogens is 362 g/mol. The maximum atomic E-state index is 12.3. The zero-order chi connectivity index (χ0) is 20.8. The van der Waals surface area contributed by atoms with Crippen molar-refractivity contribution in [1.82, 2.24) is 14.8 Å². The highest BCUT2D eigenvalue weighted by Gasteiger charge is 2.18. The van der Waals surface area contributed by atoms with Crippen LogP contribution in [0, 0.1) is 13.8 Å². The number of aromatic nitrogens is 1. The summed E-state index contributed by atoms with van der Waals surface area (Å²) in [6.07, 6.45) is 1.46. The minimum Gasteiger partial charge on any atom is -0.447 e. The predicted octanol–water partition coefficient (Wildman–Crippen LogP) is 4.59. The Morgan fingerprint density at radius 3 is 2.52 bits per heavy atom. The molecule has 0 spiro atoms. The van der Waals surface area contributed by atoms with Gasteiger partial charge in [-0.25, -0.2) is 4.98 Å². The molecule has 5 heteroatoms. The van der Waals surface area contributed by atoms with Gasteiger partial charge in [0.2, 0.25) is 5.89 Å². The molecule has 2 aromatic carbocycles. The Balaban J connectivity index is 1.80. The lowest BCUT2D eigenvalue weighted by molar-refractivity contribution is 0.0796. The number of benzene rings is 2. The number of nitrogens with zero attached hydrogens (tertiary/aromatic N) is 3. The van der Waals surface area contributed by atoms with Gasteiger partial charge < -0.3 is 9.32 Å². The Bertz CT molecular complexity index is 950. The fourth-order valence-corrected chi connectivity index (χ4v) is 3.23. The summed E-state index contributed by atoms with van der Waals surface area (Å²) in [5, 5.41) is 0. The van der Waals surface area contributed by atoms with E-state index in [0.717, 1.165) is 13.1 Å². The second-order valence-corrected chi connectivity index (χ2v) is 7.51. The normalized spacial score (nSPS) is 11.1. The summed E-state index contributed by atoms with van der Waals surface area (Å²) in [5.41, 5.74) is 5.38. The van der Waals surface area contributed by atoms with Crippen LogP contribution < -0.4 is 0 Å². The van der Waals surface area contributed by atoms with E-state index >= 15 is 0 Å². The molecule has 0 saturated carbocycles. The van der Waals surface area contributed by atoms with Crippen molar-refractivity contribution >= 4 is 5.91 Å². The SMILES string of the molecule is CCN(C)C(=O)c1coc(CN(Cc2ccccc2)Cc2cc(C)ccc2C)n1. The molecule has 1 amide bonds. The molecule has 0 unspecified atom stereocenters. The number of hydrogen-bond donors (Lipinski definition) is 0. The van der Waals surface area contributed by atoms with Crippen molar-refractivity contribution in [1.29, 1.82) is 0 Å². The first kappa shape index (κ1) is 20.8. The Labute approximate surface area is 173 Å². The van der Waals surface area contributed by atoms with Crippen molar-refractivity contribution < 1.29 is 9.21 Å². The molecular formula is C24H29N3O2. The number of oxazole rings is 1. The van der Waals surface area contributed by atoms with E-state index in [2.05, 4.69) is 54.1 Å². The van der Waals surface area contributed by atoms with E-state index in [4.69, 9.17) is 4.42 Å². The van der Waals surface area contributed by atoms with Crippen LogP contribution in [-0.2, 0) is 19.6 Å². The fraction of sp³-hybridized carbons (Fsp3) is 0.333. The van der Waals surface area contributed by atoms with Gasteiger partial charge in [-0.05, 0) is 37.5 Å². The minimum absolute atomic E-state index is 0.119. The highest BCUT2D eigenvalue weighted by molar-refractivity contribution is 5.91. The van der Waals surface area contributed by atoms with Gasteiger partial charge >= 0.3 is 0 Å². The first-order valence-electron chi connectivity index (χ1n) is 9.98. The summed E-state index contributed by atoms with van der Waals surface area (Å²) >= 11 is 0. The largest absolute Gasteiger partial charge is 0.447 e. The fourth-order valence-electron chi connectivity index (χ4n) is 3.23. The Morgan fingerprint density at radius 2 is 1.79 bits per heavy atom.